The number of benzene rings is 2. The summed E-state index contributed by atoms with van der Waals surface area (Å²) in [5.41, 5.74) is 2.72. The maximum Gasteiger partial charge on any atom is 0.306 e. The van der Waals surface area contributed by atoms with Crippen LogP contribution in [0.15, 0.2) is 48.7 Å². The van der Waals surface area contributed by atoms with Gasteiger partial charge in [-0.15, -0.1) is 0 Å². The van der Waals surface area contributed by atoms with Crippen molar-refractivity contribution in [2.45, 2.75) is 26.3 Å². The highest BCUT2D eigenvalue weighted by molar-refractivity contribution is 5.84. The van der Waals surface area contributed by atoms with E-state index in [0.717, 1.165) is 22.0 Å². The quantitative estimate of drug-likeness (QED) is 0.619. The summed E-state index contributed by atoms with van der Waals surface area (Å²) in [6.45, 7) is 2.66. The molecule has 5 heteroatoms. The van der Waals surface area contributed by atoms with Crippen LogP contribution in [0, 0.1) is 11.6 Å². The molecule has 0 saturated heterocycles. The normalized spacial score (nSPS) is 11.0. The van der Waals surface area contributed by atoms with Crippen molar-refractivity contribution >= 4 is 16.9 Å². The third-order valence-corrected chi connectivity index (χ3v) is 4.10. The third kappa shape index (κ3) is 4.05. The summed E-state index contributed by atoms with van der Waals surface area (Å²) in [5, 5.41) is 0.784. The number of ether oxygens (including phenoxy) is 1. The van der Waals surface area contributed by atoms with Gasteiger partial charge in [0.25, 0.3) is 0 Å². The van der Waals surface area contributed by atoms with Crippen molar-refractivity contribution in [1.29, 1.82) is 0 Å². The van der Waals surface area contributed by atoms with Crippen LogP contribution in [0.5, 0.6) is 0 Å². The fourth-order valence-electron chi connectivity index (χ4n) is 2.93. The van der Waals surface area contributed by atoms with E-state index in [1.165, 1.54) is 24.3 Å². The first-order valence-electron chi connectivity index (χ1n) is 8.24. The SMILES string of the molecule is CCOC(=O)CCc1cn(Cc2ccc(F)cc2)c2ccc(F)cc12. The van der Waals surface area contributed by atoms with Gasteiger partial charge in [-0.2, -0.15) is 0 Å². The van der Waals surface area contributed by atoms with E-state index in [0.29, 0.717) is 19.6 Å². The largest absolute Gasteiger partial charge is 0.466 e. The molecule has 0 radical (unpaired) electrons. The Bertz CT molecular complexity index is 885. The van der Waals surface area contributed by atoms with Crippen molar-refractivity contribution in [3.8, 4) is 0 Å². The maximum atomic E-state index is 13.7. The van der Waals surface area contributed by atoms with Crippen LogP contribution in [0.25, 0.3) is 10.9 Å². The zero-order valence-electron chi connectivity index (χ0n) is 14.0. The standard InChI is InChI=1S/C20H19F2NO2/c1-2-25-20(24)10-5-15-13-23(12-14-3-6-16(21)7-4-14)19-9-8-17(22)11-18(15)19/h3-4,6-9,11,13H,2,5,10,12H2,1H3. The molecule has 0 bridgehead atoms. The van der Waals surface area contributed by atoms with Gasteiger partial charge in [0.2, 0.25) is 0 Å². The number of rotatable bonds is 6. The predicted octanol–water partition coefficient (Wildman–Crippen LogP) is 4.46. The number of hydrogen-bond acceptors (Lipinski definition) is 2. The molecule has 2 aromatic carbocycles. The van der Waals surface area contributed by atoms with E-state index < -0.39 is 0 Å². The fraction of sp³-hybridized carbons (Fsp3) is 0.250. The molecule has 0 amide bonds. The molecule has 0 unspecified atom stereocenters. The minimum atomic E-state index is -0.315. The van der Waals surface area contributed by atoms with E-state index in [2.05, 4.69) is 0 Å². The minimum Gasteiger partial charge on any atom is -0.466 e. The lowest BCUT2D eigenvalue weighted by molar-refractivity contribution is -0.143. The van der Waals surface area contributed by atoms with E-state index in [1.807, 2.05) is 10.8 Å². The lowest BCUT2D eigenvalue weighted by atomic mass is 10.1. The Morgan fingerprint density at radius 1 is 1.08 bits per heavy atom. The van der Waals surface area contributed by atoms with Crippen LogP contribution in [-0.2, 0) is 22.5 Å². The Morgan fingerprint density at radius 2 is 1.80 bits per heavy atom. The van der Waals surface area contributed by atoms with E-state index in [9.17, 15) is 13.6 Å². The summed E-state index contributed by atoms with van der Waals surface area (Å²) >= 11 is 0. The number of carbonyl (C=O) groups is 1. The number of esters is 1. The number of aryl methyl sites for hydroxylation is 1. The molecule has 130 valence electrons. The molecule has 0 fully saturated rings. The first-order chi connectivity index (χ1) is 12.1. The number of halogens is 2. The summed E-state index contributed by atoms with van der Waals surface area (Å²) in [4.78, 5) is 11.6. The Balaban J connectivity index is 1.90. The molecule has 1 aromatic heterocycles. The molecule has 0 saturated carbocycles. The number of carbonyl (C=O) groups excluding carboxylic acids is 1. The van der Waals surface area contributed by atoms with E-state index in [1.54, 1.807) is 25.1 Å². The van der Waals surface area contributed by atoms with Gasteiger partial charge < -0.3 is 9.30 Å². The van der Waals surface area contributed by atoms with Gasteiger partial charge in [-0.1, -0.05) is 12.1 Å². The molecular formula is C20H19F2NO2. The summed E-state index contributed by atoms with van der Waals surface area (Å²) in [6.07, 6.45) is 2.65. The van der Waals surface area contributed by atoms with Gasteiger partial charge in [0.1, 0.15) is 11.6 Å². The molecule has 0 spiro atoms. The third-order valence-electron chi connectivity index (χ3n) is 4.10. The van der Waals surface area contributed by atoms with Crippen molar-refractivity contribution < 1.29 is 18.3 Å². The molecule has 3 rings (SSSR count). The first-order valence-corrected chi connectivity index (χ1v) is 8.24. The zero-order valence-corrected chi connectivity index (χ0v) is 14.0. The molecule has 0 atom stereocenters. The van der Waals surface area contributed by atoms with Crippen LogP contribution >= 0.6 is 0 Å². The number of nitrogens with zero attached hydrogens (tertiary/aromatic N) is 1. The lowest BCUT2D eigenvalue weighted by Crippen LogP contribution is -2.05. The van der Waals surface area contributed by atoms with Crippen molar-refractivity contribution in [2.75, 3.05) is 6.61 Å². The molecule has 0 aliphatic carbocycles. The van der Waals surface area contributed by atoms with Gasteiger partial charge in [0.05, 0.1) is 6.61 Å². The molecule has 0 N–H and O–H groups in total. The smallest absolute Gasteiger partial charge is 0.306 e. The lowest BCUT2D eigenvalue weighted by Gasteiger charge is -2.05. The van der Waals surface area contributed by atoms with Crippen LogP contribution in [0.2, 0.25) is 0 Å². The Labute approximate surface area is 144 Å². The van der Waals surface area contributed by atoms with Crippen molar-refractivity contribution in [3.05, 3.63) is 71.4 Å². The molecule has 3 nitrogen and oxygen atoms in total. The summed E-state index contributed by atoms with van der Waals surface area (Å²) in [5.74, 6) is -0.860. The van der Waals surface area contributed by atoms with Gasteiger partial charge in [0.15, 0.2) is 0 Å². The molecule has 3 aromatic rings. The summed E-state index contributed by atoms with van der Waals surface area (Å²) in [7, 11) is 0. The van der Waals surface area contributed by atoms with E-state index in [4.69, 9.17) is 4.74 Å². The van der Waals surface area contributed by atoms with Crippen LogP contribution in [0.4, 0.5) is 8.78 Å². The number of fused-ring (bicyclic) bond motifs is 1. The van der Waals surface area contributed by atoms with Crippen LogP contribution < -0.4 is 0 Å². The van der Waals surface area contributed by atoms with E-state index in [-0.39, 0.29) is 24.0 Å². The van der Waals surface area contributed by atoms with Crippen molar-refractivity contribution in [3.63, 3.8) is 0 Å². The second kappa shape index (κ2) is 7.47. The zero-order chi connectivity index (χ0) is 17.8. The predicted molar refractivity (Wildman–Crippen MR) is 92.4 cm³/mol. The summed E-state index contributed by atoms with van der Waals surface area (Å²) < 4.78 is 33.7. The molecule has 1 heterocycles. The van der Waals surface area contributed by atoms with Crippen LogP contribution in [-0.4, -0.2) is 17.1 Å². The average molecular weight is 343 g/mol. The number of hydrogen-bond donors (Lipinski definition) is 0. The second-order valence-corrected chi connectivity index (χ2v) is 5.88. The van der Waals surface area contributed by atoms with Crippen LogP contribution in [0.1, 0.15) is 24.5 Å². The van der Waals surface area contributed by atoms with Crippen LogP contribution in [0.3, 0.4) is 0 Å². The van der Waals surface area contributed by atoms with Gasteiger partial charge in [-0.05, 0) is 54.8 Å². The highest BCUT2D eigenvalue weighted by Gasteiger charge is 2.12. The van der Waals surface area contributed by atoms with Gasteiger partial charge in [0, 0.05) is 30.1 Å². The van der Waals surface area contributed by atoms with Crippen molar-refractivity contribution in [2.24, 2.45) is 0 Å². The molecule has 0 aliphatic heterocycles. The molecule has 0 aliphatic rings. The monoisotopic (exact) mass is 343 g/mol. The first kappa shape index (κ1) is 17.1. The van der Waals surface area contributed by atoms with E-state index >= 15 is 0 Å². The molecular weight excluding hydrogens is 324 g/mol. The highest BCUT2D eigenvalue weighted by atomic mass is 19.1. The topological polar surface area (TPSA) is 31.2 Å². The van der Waals surface area contributed by atoms with Crippen molar-refractivity contribution in [1.82, 2.24) is 4.57 Å². The Kier molecular flexibility index (Phi) is 5.12. The minimum absolute atomic E-state index is 0.250. The molecule has 25 heavy (non-hydrogen) atoms. The van der Waals surface area contributed by atoms with Gasteiger partial charge in [-0.25, -0.2) is 8.78 Å². The second-order valence-electron chi connectivity index (χ2n) is 5.88. The Morgan fingerprint density at radius 3 is 2.52 bits per heavy atom. The Hall–Kier alpha value is -2.69. The van der Waals surface area contributed by atoms with Gasteiger partial charge >= 0.3 is 5.97 Å². The van der Waals surface area contributed by atoms with Gasteiger partial charge in [-0.3, -0.25) is 4.79 Å². The fourth-order valence-corrected chi connectivity index (χ4v) is 2.93. The summed E-state index contributed by atoms with van der Waals surface area (Å²) in [6, 6.07) is 10.9. The maximum absolute atomic E-state index is 13.7. The highest BCUT2D eigenvalue weighted by Crippen LogP contribution is 2.25. The number of aromatic nitrogens is 1. The average Bonchev–Trinajstić information content (AvgIpc) is 2.92.